The smallest absolute Gasteiger partial charge is 0.314 e. The van der Waals surface area contributed by atoms with Crippen LogP contribution in [0.15, 0.2) is 59.5 Å². The van der Waals surface area contributed by atoms with Crippen molar-refractivity contribution in [2.45, 2.75) is 31.3 Å². The molecule has 0 saturated carbocycles. The van der Waals surface area contributed by atoms with E-state index in [0.29, 0.717) is 26.1 Å². The highest BCUT2D eigenvalue weighted by Gasteiger charge is 2.21. The molecule has 2 aromatic carbocycles. The SMILES string of the molecule is CC(=O)C(CCc1ccc(SCCOCc2ccccc2)cc1)C(=O)O. The molecular weight excluding hydrogens is 348 g/mol. The summed E-state index contributed by atoms with van der Waals surface area (Å²) in [5.41, 5.74) is 2.22. The number of carbonyl (C=O) groups excluding carboxylic acids is 1. The number of carboxylic acids is 1. The van der Waals surface area contributed by atoms with Gasteiger partial charge in [-0.1, -0.05) is 42.5 Å². The molecule has 1 unspecified atom stereocenters. The first-order valence-corrected chi connectivity index (χ1v) is 9.61. The summed E-state index contributed by atoms with van der Waals surface area (Å²) >= 11 is 1.73. The summed E-state index contributed by atoms with van der Waals surface area (Å²) in [4.78, 5) is 23.5. The molecule has 0 amide bonds. The lowest BCUT2D eigenvalue weighted by Crippen LogP contribution is -2.22. The van der Waals surface area contributed by atoms with Crippen LogP contribution in [0.2, 0.25) is 0 Å². The van der Waals surface area contributed by atoms with Crippen molar-refractivity contribution in [1.29, 1.82) is 0 Å². The van der Waals surface area contributed by atoms with E-state index in [1.54, 1.807) is 11.8 Å². The quantitative estimate of drug-likeness (QED) is 0.363. The third-order valence-corrected chi connectivity index (χ3v) is 5.02. The highest BCUT2D eigenvalue weighted by Crippen LogP contribution is 2.20. The van der Waals surface area contributed by atoms with Crippen molar-refractivity contribution in [1.82, 2.24) is 0 Å². The minimum Gasteiger partial charge on any atom is -0.481 e. The Morgan fingerprint density at radius 1 is 1.04 bits per heavy atom. The Morgan fingerprint density at radius 2 is 1.73 bits per heavy atom. The standard InChI is InChI=1S/C21H24O4S/c1-16(22)20(21(23)24)12-9-17-7-10-19(11-8-17)26-14-13-25-15-18-5-3-2-4-6-18/h2-8,10-11,20H,9,12-15H2,1H3,(H,23,24). The summed E-state index contributed by atoms with van der Waals surface area (Å²) in [7, 11) is 0. The van der Waals surface area contributed by atoms with E-state index >= 15 is 0 Å². The molecule has 2 aromatic rings. The van der Waals surface area contributed by atoms with Crippen molar-refractivity contribution in [2.75, 3.05) is 12.4 Å². The maximum Gasteiger partial charge on any atom is 0.314 e. The molecule has 0 spiro atoms. The van der Waals surface area contributed by atoms with Crippen LogP contribution in [0, 0.1) is 5.92 Å². The largest absolute Gasteiger partial charge is 0.481 e. The Morgan fingerprint density at radius 3 is 2.35 bits per heavy atom. The number of aliphatic carboxylic acids is 1. The molecule has 0 heterocycles. The van der Waals surface area contributed by atoms with Crippen LogP contribution in [0.25, 0.3) is 0 Å². The lowest BCUT2D eigenvalue weighted by molar-refractivity contribution is -0.145. The minimum absolute atomic E-state index is 0.292. The molecule has 0 aromatic heterocycles. The number of hydrogen-bond acceptors (Lipinski definition) is 4. The second kappa shape index (κ2) is 10.8. The number of aryl methyl sites for hydroxylation is 1. The molecule has 0 radical (unpaired) electrons. The summed E-state index contributed by atoms with van der Waals surface area (Å²) < 4.78 is 5.67. The Hall–Kier alpha value is -2.11. The third-order valence-electron chi connectivity index (χ3n) is 4.04. The lowest BCUT2D eigenvalue weighted by atomic mass is 9.96. The predicted octanol–water partition coefficient (Wildman–Crippen LogP) is 4.22. The number of carboxylic acid groups (broad SMARTS) is 1. The molecule has 5 heteroatoms. The van der Waals surface area contributed by atoms with Crippen molar-refractivity contribution in [2.24, 2.45) is 5.92 Å². The van der Waals surface area contributed by atoms with Crippen molar-refractivity contribution < 1.29 is 19.4 Å². The van der Waals surface area contributed by atoms with Crippen LogP contribution in [-0.2, 0) is 27.4 Å². The van der Waals surface area contributed by atoms with E-state index in [-0.39, 0.29) is 5.78 Å². The number of ether oxygens (including phenoxy) is 1. The Labute approximate surface area is 158 Å². The number of rotatable bonds is 11. The van der Waals surface area contributed by atoms with Crippen LogP contribution >= 0.6 is 11.8 Å². The van der Waals surface area contributed by atoms with Crippen LogP contribution in [0.4, 0.5) is 0 Å². The van der Waals surface area contributed by atoms with Gasteiger partial charge in [-0.05, 0) is 43.0 Å². The molecule has 0 bridgehead atoms. The molecule has 2 rings (SSSR count). The summed E-state index contributed by atoms with van der Waals surface area (Å²) in [6, 6.07) is 18.1. The predicted molar refractivity (Wildman–Crippen MR) is 103 cm³/mol. The molecule has 26 heavy (non-hydrogen) atoms. The molecule has 138 valence electrons. The van der Waals surface area contributed by atoms with Gasteiger partial charge in [-0.2, -0.15) is 0 Å². The minimum atomic E-state index is -1.04. The molecule has 0 fully saturated rings. The number of Topliss-reactive ketones (excluding diaryl/α,β-unsaturated/α-hetero) is 1. The Kier molecular flexibility index (Phi) is 8.38. The molecular formula is C21H24O4S. The molecule has 0 aliphatic carbocycles. The zero-order valence-corrected chi connectivity index (χ0v) is 15.7. The van der Waals surface area contributed by atoms with E-state index in [2.05, 4.69) is 0 Å². The molecule has 4 nitrogen and oxygen atoms in total. The molecule has 1 atom stereocenters. The van der Waals surface area contributed by atoms with E-state index in [9.17, 15) is 9.59 Å². The number of ketones is 1. The van der Waals surface area contributed by atoms with Gasteiger partial charge in [-0.3, -0.25) is 9.59 Å². The normalized spacial score (nSPS) is 11.9. The summed E-state index contributed by atoms with van der Waals surface area (Å²) in [5.74, 6) is -1.37. The first-order chi connectivity index (χ1) is 12.6. The van der Waals surface area contributed by atoms with Crippen LogP contribution in [-0.4, -0.2) is 29.2 Å². The number of carbonyl (C=O) groups is 2. The second-order valence-corrected chi connectivity index (χ2v) is 7.24. The van der Waals surface area contributed by atoms with Gasteiger partial charge in [-0.15, -0.1) is 11.8 Å². The van der Waals surface area contributed by atoms with Gasteiger partial charge in [0.2, 0.25) is 0 Å². The van der Waals surface area contributed by atoms with Crippen LogP contribution in [0.3, 0.4) is 0 Å². The van der Waals surface area contributed by atoms with E-state index in [4.69, 9.17) is 9.84 Å². The fourth-order valence-corrected chi connectivity index (χ4v) is 3.31. The van der Waals surface area contributed by atoms with Gasteiger partial charge >= 0.3 is 5.97 Å². The lowest BCUT2D eigenvalue weighted by Gasteiger charge is -2.09. The first-order valence-electron chi connectivity index (χ1n) is 8.63. The van der Waals surface area contributed by atoms with Gasteiger partial charge in [0.1, 0.15) is 11.7 Å². The summed E-state index contributed by atoms with van der Waals surface area (Å²) in [6.07, 6.45) is 0.923. The Balaban J connectivity index is 1.68. The molecule has 0 aliphatic rings. The maximum atomic E-state index is 11.3. The zero-order chi connectivity index (χ0) is 18.8. The van der Waals surface area contributed by atoms with Crippen molar-refractivity contribution >= 4 is 23.5 Å². The van der Waals surface area contributed by atoms with Gasteiger partial charge in [0.15, 0.2) is 0 Å². The Bertz CT molecular complexity index is 684. The topological polar surface area (TPSA) is 63.6 Å². The van der Waals surface area contributed by atoms with Crippen molar-refractivity contribution in [3.63, 3.8) is 0 Å². The van der Waals surface area contributed by atoms with E-state index < -0.39 is 11.9 Å². The van der Waals surface area contributed by atoms with Crippen molar-refractivity contribution in [3.05, 3.63) is 65.7 Å². The fraction of sp³-hybridized carbons (Fsp3) is 0.333. The van der Waals surface area contributed by atoms with Gasteiger partial charge < -0.3 is 9.84 Å². The van der Waals surface area contributed by atoms with E-state index in [0.717, 1.165) is 16.2 Å². The first kappa shape index (κ1) is 20.2. The third kappa shape index (κ3) is 7.02. The van der Waals surface area contributed by atoms with E-state index in [1.165, 1.54) is 12.5 Å². The fourth-order valence-electron chi connectivity index (χ4n) is 2.55. The maximum absolute atomic E-state index is 11.3. The number of benzene rings is 2. The highest BCUT2D eigenvalue weighted by atomic mass is 32.2. The van der Waals surface area contributed by atoms with Gasteiger partial charge in [0.25, 0.3) is 0 Å². The summed E-state index contributed by atoms with van der Waals surface area (Å²) in [5, 5.41) is 9.04. The van der Waals surface area contributed by atoms with Gasteiger partial charge in [0, 0.05) is 10.6 Å². The summed E-state index contributed by atoms with van der Waals surface area (Å²) in [6.45, 7) is 2.64. The second-order valence-electron chi connectivity index (χ2n) is 6.07. The van der Waals surface area contributed by atoms with Gasteiger partial charge in [-0.25, -0.2) is 0 Å². The van der Waals surface area contributed by atoms with Crippen LogP contribution < -0.4 is 0 Å². The average Bonchev–Trinajstić information content (AvgIpc) is 2.63. The highest BCUT2D eigenvalue weighted by molar-refractivity contribution is 7.99. The molecule has 0 aliphatic heterocycles. The van der Waals surface area contributed by atoms with Crippen LogP contribution in [0.1, 0.15) is 24.5 Å². The van der Waals surface area contributed by atoms with Gasteiger partial charge in [0.05, 0.1) is 13.2 Å². The monoisotopic (exact) mass is 372 g/mol. The average molecular weight is 372 g/mol. The van der Waals surface area contributed by atoms with E-state index in [1.807, 2.05) is 54.6 Å². The number of hydrogen-bond donors (Lipinski definition) is 1. The van der Waals surface area contributed by atoms with Crippen LogP contribution in [0.5, 0.6) is 0 Å². The van der Waals surface area contributed by atoms with Crippen molar-refractivity contribution in [3.8, 4) is 0 Å². The molecule has 0 saturated heterocycles. The zero-order valence-electron chi connectivity index (χ0n) is 14.9. The molecule has 1 N–H and O–H groups in total. The number of thioether (sulfide) groups is 1.